The average molecular weight is 1550 g/mol. The van der Waals surface area contributed by atoms with Crippen LogP contribution in [0.25, 0.3) is 0 Å². The first-order chi connectivity index (χ1) is 51.6. The van der Waals surface area contributed by atoms with Gasteiger partial charge in [0.2, 0.25) is 0 Å². The minimum absolute atomic E-state index is 0.109. The van der Waals surface area contributed by atoms with Crippen molar-refractivity contribution in [2.75, 3.05) is 39.6 Å². The van der Waals surface area contributed by atoms with Crippen molar-refractivity contribution >= 4 is 39.5 Å². The Morgan fingerprint density at radius 3 is 0.670 bits per heavy atom. The first-order valence-corrected chi connectivity index (χ1v) is 48.2. The van der Waals surface area contributed by atoms with Gasteiger partial charge in [0.25, 0.3) is 0 Å². The summed E-state index contributed by atoms with van der Waals surface area (Å²) in [6.07, 6.45) is 73.4. The maximum atomic E-state index is 13.2. The van der Waals surface area contributed by atoms with Crippen molar-refractivity contribution in [1.82, 2.24) is 0 Å². The molecule has 0 aliphatic heterocycles. The van der Waals surface area contributed by atoms with Crippen LogP contribution in [0, 0.1) is 5.92 Å². The SMILES string of the molecule is CCCCCCCCCCCCCCCCCCCCCCCC(=O)O[C@H](COC(=O)CCCCCCCCCCCCCCCCC(C)CC)COP(=O)(O)OC[C@@H](O)COP(=O)(O)OC[C@@H](COC(=O)CCCCCCCCCCCCCC)OC(=O)CCCCCCCCCCCCCCCCC. The van der Waals surface area contributed by atoms with E-state index in [1.165, 1.54) is 295 Å². The Balaban J connectivity index is 5.25. The zero-order valence-electron chi connectivity index (χ0n) is 69.6. The minimum atomic E-state index is -4.97. The molecular formula is C87H170O17P2. The van der Waals surface area contributed by atoms with Gasteiger partial charge in [-0.3, -0.25) is 37.3 Å². The molecule has 17 nitrogen and oxygen atoms in total. The summed E-state index contributed by atoms with van der Waals surface area (Å²) in [4.78, 5) is 73.3. The van der Waals surface area contributed by atoms with Crippen molar-refractivity contribution in [3.8, 4) is 0 Å². The summed E-state index contributed by atoms with van der Waals surface area (Å²) in [5.41, 5.74) is 0. The highest BCUT2D eigenvalue weighted by Gasteiger charge is 2.30. The van der Waals surface area contributed by atoms with Crippen LogP contribution in [0.5, 0.6) is 0 Å². The van der Waals surface area contributed by atoms with Crippen molar-refractivity contribution in [3.05, 3.63) is 0 Å². The standard InChI is InChI=1S/C87H170O17P2/c1-6-10-13-16-19-22-25-28-30-31-32-33-34-35-37-43-48-53-58-63-68-73-87(92)104-83(77-98-85(90)71-66-61-56-51-46-41-39-38-40-44-49-54-59-64-69-80(5)9-4)79-102-106(95,96)100-75-81(88)74-99-105(93,94)101-78-82(76-97-84(89)70-65-60-55-50-45-27-24-21-18-15-12-8-3)103-86(91)72-67-62-57-52-47-42-36-29-26-23-20-17-14-11-7-2/h80-83,88H,6-79H2,1-5H3,(H,93,94)(H,95,96)/t80?,81-,82+,83+/m0/s1. The van der Waals surface area contributed by atoms with E-state index in [9.17, 15) is 43.2 Å². The van der Waals surface area contributed by atoms with Gasteiger partial charge in [-0.15, -0.1) is 0 Å². The average Bonchev–Trinajstić information content (AvgIpc) is 0.901. The summed E-state index contributed by atoms with van der Waals surface area (Å²) in [5.74, 6) is -1.25. The van der Waals surface area contributed by atoms with Crippen LogP contribution in [-0.2, 0) is 65.4 Å². The molecule has 6 atom stereocenters. The highest BCUT2D eigenvalue weighted by atomic mass is 31.2. The quantitative estimate of drug-likeness (QED) is 0.0222. The molecule has 0 aromatic rings. The van der Waals surface area contributed by atoms with Crippen molar-refractivity contribution < 1.29 is 80.2 Å². The van der Waals surface area contributed by atoms with Crippen molar-refractivity contribution in [3.63, 3.8) is 0 Å². The number of carbonyl (C=O) groups excluding carboxylic acids is 4. The highest BCUT2D eigenvalue weighted by molar-refractivity contribution is 7.47. The van der Waals surface area contributed by atoms with Crippen molar-refractivity contribution in [1.29, 1.82) is 0 Å². The number of hydrogen-bond acceptors (Lipinski definition) is 15. The second-order valence-electron chi connectivity index (χ2n) is 31.5. The molecule has 3 N–H and O–H groups in total. The topological polar surface area (TPSA) is 237 Å². The Bertz CT molecular complexity index is 2020. The van der Waals surface area contributed by atoms with Crippen molar-refractivity contribution in [2.24, 2.45) is 5.92 Å². The van der Waals surface area contributed by atoms with Crippen LogP contribution >= 0.6 is 15.6 Å². The van der Waals surface area contributed by atoms with Crippen LogP contribution in [0.1, 0.15) is 471 Å². The predicted molar refractivity (Wildman–Crippen MR) is 437 cm³/mol. The van der Waals surface area contributed by atoms with Gasteiger partial charge >= 0.3 is 39.5 Å². The molecule has 0 aromatic heterocycles. The molecule has 630 valence electrons. The number of phosphoric ester groups is 2. The molecule has 0 spiro atoms. The van der Waals surface area contributed by atoms with E-state index >= 15 is 0 Å². The lowest BCUT2D eigenvalue weighted by atomic mass is 9.99. The maximum Gasteiger partial charge on any atom is 0.472 e. The molecule has 0 fully saturated rings. The van der Waals surface area contributed by atoms with Crippen LogP contribution in [0.2, 0.25) is 0 Å². The Kier molecular flexibility index (Phi) is 78.2. The zero-order chi connectivity index (χ0) is 77.6. The normalized spacial score (nSPS) is 14.0. The summed E-state index contributed by atoms with van der Waals surface area (Å²) < 4.78 is 69.0. The molecule has 0 heterocycles. The Morgan fingerprint density at radius 1 is 0.264 bits per heavy atom. The molecule has 0 saturated heterocycles. The number of aliphatic hydroxyl groups is 1. The molecule has 0 aromatic carbocycles. The fraction of sp³-hybridized carbons (Fsp3) is 0.954. The van der Waals surface area contributed by atoms with E-state index in [0.717, 1.165) is 95.8 Å². The molecule has 106 heavy (non-hydrogen) atoms. The van der Waals surface area contributed by atoms with Crippen molar-refractivity contribution in [2.45, 2.75) is 490 Å². The molecule has 0 amide bonds. The van der Waals surface area contributed by atoms with Gasteiger partial charge in [-0.2, -0.15) is 0 Å². The zero-order valence-corrected chi connectivity index (χ0v) is 71.4. The summed E-state index contributed by atoms with van der Waals surface area (Å²) in [5, 5.41) is 10.7. The van der Waals surface area contributed by atoms with Gasteiger partial charge in [0.15, 0.2) is 12.2 Å². The summed E-state index contributed by atoms with van der Waals surface area (Å²) in [6.45, 7) is 7.43. The summed E-state index contributed by atoms with van der Waals surface area (Å²) in [6, 6.07) is 0. The lowest BCUT2D eigenvalue weighted by Gasteiger charge is -2.21. The highest BCUT2D eigenvalue weighted by Crippen LogP contribution is 2.45. The molecule has 0 rings (SSSR count). The van der Waals surface area contributed by atoms with E-state index in [0.29, 0.717) is 25.7 Å². The lowest BCUT2D eigenvalue weighted by molar-refractivity contribution is -0.161. The number of carbonyl (C=O) groups is 4. The number of ether oxygens (including phenoxy) is 4. The summed E-state index contributed by atoms with van der Waals surface area (Å²) in [7, 11) is -9.93. The molecule has 0 aliphatic rings. The van der Waals surface area contributed by atoms with Crippen LogP contribution < -0.4 is 0 Å². The lowest BCUT2D eigenvalue weighted by Crippen LogP contribution is -2.30. The van der Waals surface area contributed by atoms with E-state index < -0.39 is 97.5 Å². The Labute approximate surface area is 651 Å². The third kappa shape index (κ3) is 78.7. The number of phosphoric acid groups is 2. The molecule has 0 saturated carbocycles. The predicted octanol–water partition coefficient (Wildman–Crippen LogP) is 26.8. The van der Waals surface area contributed by atoms with Gasteiger partial charge in [0.1, 0.15) is 19.3 Å². The number of hydrogen-bond donors (Lipinski definition) is 3. The Hall–Kier alpha value is -1.94. The summed E-state index contributed by atoms with van der Waals surface area (Å²) >= 11 is 0. The molecule has 0 aliphatic carbocycles. The van der Waals surface area contributed by atoms with Gasteiger partial charge in [-0.05, 0) is 31.6 Å². The second kappa shape index (κ2) is 79.7. The number of unbranched alkanes of at least 4 members (excludes halogenated alkanes) is 58. The molecular weight excluding hydrogens is 1380 g/mol. The first-order valence-electron chi connectivity index (χ1n) is 45.2. The molecule has 0 radical (unpaired) electrons. The van der Waals surface area contributed by atoms with Gasteiger partial charge in [-0.25, -0.2) is 9.13 Å². The van der Waals surface area contributed by atoms with E-state index in [-0.39, 0.29) is 25.7 Å². The van der Waals surface area contributed by atoms with Gasteiger partial charge in [0.05, 0.1) is 26.4 Å². The van der Waals surface area contributed by atoms with Crippen LogP contribution in [-0.4, -0.2) is 96.7 Å². The van der Waals surface area contributed by atoms with E-state index in [1.54, 1.807) is 0 Å². The Morgan fingerprint density at radius 2 is 0.453 bits per heavy atom. The number of rotatable bonds is 87. The maximum absolute atomic E-state index is 13.2. The molecule has 0 bridgehead atoms. The first kappa shape index (κ1) is 104. The molecule has 19 heteroatoms. The van der Waals surface area contributed by atoms with Gasteiger partial charge in [-0.1, -0.05) is 420 Å². The second-order valence-corrected chi connectivity index (χ2v) is 34.4. The monoisotopic (exact) mass is 1550 g/mol. The smallest absolute Gasteiger partial charge is 0.462 e. The van der Waals surface area contributed by atoms with Crippen LogP contribution in [0.15, 0.2) is 0 Å². The largest absolute Gasteiger partial charge is 0.472 e. The number of esters is 4. The fourth-order valence-electron chi connectivity index (χ4n) is 13.6. The third-order valence-corrected chi connectivity index (χ3v) is 22.8. The van der Waals surface area contributed by atoms with E-state index in [1.807, 2.05) is 0 Å². The van der Waals surface area contributed by atoms with Gasteiger partial charge in [0, 0.05) is 25.7 Å². The van der Waals surface area contributed by atoms with Crippen LogP contribution in [0.3, 0.4) is 0 Å². The van der Waals surface area contributed by atoms with E-state index in [4.69, 9.17) is 37.0 Å². The fourth-order valence-corrected chi connectivity index (χ4v) is 15.2. The number of aliphatic hydroxyl groups excluding tert-OH is 1. The van der Waals surface area contributed by atoms with E-state index in [2.05, 4.69) is 34.6 Å². The molecule has 3 unspecified atom stereocenters. The minimum Gasteiger partial charge on any atom is -0.462 e. The van der Waals surface area contributed by atoms with Crippen LogP contribution in [0.4, 0.5) is 0 Å². The van der Waals surface area contributed by atoms with Gasteiger partial charge < -0.3 is 33.8 Å². The third-order valence-electron chi connectivity index (χ3n) is 20.9.